The highest BCUT2D eigenvalue weighted by Gasteiger charge is 2.23. The first-order valence-corrected chi connectivity index (χ1v) is 7.35. The number of hydrogen-bond acceptors (Lipinski definition) is 3. The van der Waals surface area contributed by atoms with Crippen LogP contribution in [0.3, 0.4) is 0 Å². The molecule has 0 saturated heterocycles. The maximum atomic E-state index is 12.5. The lowest BCUT2D eigenvalue weighted by molar-refractivity contribution is -0.137. The van der Waals surface area contributed by atoms with Crippen LogP contribution in [-0.4, -0.2) is 58.5 Å². The maximum Gasteiger partial charge on any atom is 0.320 e. The number of unbranched alkanes of at least 4 members (excludes halogenated alkanes) is 1. The van der Waals surface area contributed by atoms with Gasteiger partial charge in [-0.05, 0) is 26.7 Å². The molecule has 21 heavy (non-hydrogen) atoms. The van der Waals surface area contributed by atoms with Gasteiger partial charge in [0.25, 0.3) is 0 Å². The number of rotatable bonds is 10. The summed E-state index contributed by atoms with van der Waals surface area (Å²) in [6, 6.07) is -0.328. The fraction of sp³-hybridized carbons (Fsp3) is 0.786. The third kappa shape index (κ3) is 8.16. The zero-order valence-electron chi connectivity index (χ0n) is 13.2. The molecule has 3 N–H and O–H groups in total. The third-order valence-corrected chi connectivity index (χ3v) is 3.06. The van der Waals surface area contributed by atoms with E-state index in [1.54, 1.807) is 4.90 Å². The Hall–Kier alpha value is -1.79. The molecule has 0 atom stereocenters. The minimum Gasteiger partial charge on any atom is -0.481 e. The molecule has 0 spiro atoms. The second kappa shape index (κ2) is 10.0. The minimum atomic E-state index is -0.883. The summed E-state index contributed by atoms with van der Waals surface area (Å²) in [5, 5.41) is 8.67. The Morgan fingerprint density at radius 3 is 2.19 bits per heavy atom. The standard InChI is InChI=1S/C14H27N3O4/c1-4-5-8-16(10-12(15)18)14(21)17(11(2)3)9-6-7-13(19)20/h11H,4-10H2,1-3H3,(H2,15,18)(H,19,20). The van der Waals surface area contributed by atoms with Crippen LogP contribution >= 0.6 is 0 Å². The molecule has 3 amide bonds. The Balaban J connectivity index is 4.76. The van der Waals surface area contributed by atoms with Crippen molar-refractivity contribution in [1.29, 1.82) is 0 Å². The van der Waals surface area contributed by atoms with Crippen LogP contribution in [0.4, 0.5) is 4.79 Å². The van der Waals surface area contributed by atoms with Crippen LogP contribution in [0.1, 0.15) is 46.5 Å². The molecule has 0 saturated carbocycles. The summed E-state index contributed by atoms with van der Waals surface area (Å²) >= 11 is 0. The smallest absolute Gasteiger partial charge is 0.320 e. The molecule has 0 aliphatic heterocycles. The quantitative estimate of drug-likeness (QED) is 0.634. The van der Waals surface area contributed by atoms with Gasteiger partial charge in [-0.3, -0.25) is 9.59 Å². The number of nitrogens with zero attached hydrogens (tertiary/aromatic N) is 2. The van der Waals surface area contributed by atoms with E-state index in [-0.39, 0.29) is 25.0 Å². The van der Waals surface area contributed by atoms with Gasteiger partial charge in [0.2, 0.25) is 5.91 Å². The SMILES string of the molecule is CCCCN(CC(N)=O)C(=O)N(CCCC(=O)O)C(C)C. The van der Waals surface area contributed by atoms with Crippen LogP contribution in [0.15, 0.2) is 0 Å². The molecule has 122 valence electrons. The number of hydrogen-bond donors (Lipinski definition) is 2. The van der Waals surface area contributed by atoms with Gasteiger partial charge in [-0.1, -0.05) is 13.3 Å². The predicted molar refractivity (Wildman–Crippen MR) is 79.8 cm³/mol. The molecule has 0 heterocycles. The van der Waals surface area contributed by atoms with Crippen molar-refractivity contribution in [3.8, 4) is 0 Å². The molecule has 0 aliphatic carbocycles. The Morgan fingerprint density at radius 1 is 1.14 bits per heavy atom. The van der Waals surface area contributed by atoms with Crippen molar-refractivity contribution in [2.45, 2.75) is 52.5 Å². The first kappa shape index (κ1) is 19.2. The van der Waals surface area contributed by atoms with Crippen molar-refractivity contribution < 1.29 is 19.5 Å². The van der Waals surface area contributed by atoms with Gasteiger partial charge in [0.15, 0.2) is 0 Å². The van der Waals surface area contributed by atoms with Crippen LogP contribution in [0, 0.1) is 0 Å². The minimum absolute atomic E-state index is 0.0152. The summed E-state index contributed by atoms with van der Waals surface area (Å²) in [4.78, 5) is 37.2. The average Bonchev–Trinajstić information content (AvgIpc) is 2.37. The number of primary amides is 1. The summed E-state index contributed by atoms with van der Waals surface area (Å²) < 4.78 is 0. The van der Waals surface area contributed by atoms with E-state index in [0.717, 1.165) is 12.8 Å². The number of carboxylic acid groups (broad SMARTS) is 1. The van der Waals surface area contributed by atoms with Gasteiger partial charge in [0.1, 0.15) is 6.54 Å². The molecule has 0 rings (SSSR count). The van der Waals surface area contributed by atoms with E-state index in [0.29, 0.717) is 19.5 Å². The molecule has 0 aromatic heterocycles. The normalized spacial score (nSPS) is 10.5. The van der Waals surface area contributed by atoms with Gasteiger partial charge in [-0.25, -0.2) is 4.79 Å². The fourth-order valence-electron chi connectivity index (χ4n) is 1.94. The summed E-state index contributed by atoms with van der Waals surface area (Å²) in [6.45, 7) is 6.44. The van der Waals surface area contributed by atoms with E-state index in [1.165, 1.54) is 4.90 Å². The van der Waals surface area contributed by atoms with Crippen molar-refractivity contribution in [2.75, 3.05) is 19.6 Å². The Bertz CT molecular complexity index is 358. The topological polar surface area (TPSA) is 104 Å². The Morgan fingerprint density at radius 2 is 1.76 bits per heavy atom. The van der Waals surface area contributed by atoms with Crippen molar-refractivity contribution >= 4 is 17.9 Å². The van der Waals surface area contributed by atoms with Gasteiger partial charge >= 0.3 is 12.0 Å². The molecular weight excluding hydrogens is 274 g/mol. The fourth-order valence-corrected chi connectivity index (χ4v) is 1.94. The van der Waals surface area contributed by atoms with Crippen LogP contribution in [0.25, 0.3) is 0 Å². The molecule has 0 fully saturated rings. The van der Waals surface area contributed by atoms with E-state index in [4.69, 9.17) is 10.8 Å². The second-order valence-corrected chi connectivity index (χ2v) is 5.31. The first-order valence-electron chi connectivity index (χ1n) is 7.35. The molecule has 0 unspecified atom stereocenters. The number of aliphatic carboxylic acids is 1. The molecule has 7 heteroatoms. The lowest BCUT2D eigenvalue weighted by Crippen LogP contribution is -2.49. The van der Waals surface area contributed by atoms with Crippen LogP contribution in [-0.2, 0) is 9.59 Å². The van der Waals surface area contributed by atoms with Crippen molar-refractivity contribution in [1.82, 2.24) is 9.80 Å². The molecule has 0 aromatic rings. The second-order valence-electron chi connectivity index (χ2n) is 5.31. The van der Waals surface area contributed by atoms with Gasteiger partial charge in [0, 0.05) is 25.6 Å². The largest absolute Gasteiger partial charge is 0.481 e. The average molecular weight is 301 g/mol. The van der Waals surface area contributed by atoms with E-state index in [9.17, 15) is 14.4 Å². The monoisotopic (exact) mass is 301 g/mol. The van der Waals surface area contributed by atoms with Gasteiger partial charge in [-0.2, -0.15) is 0 Å². The number of carbonyl (C=O) groups is 3. The number of nitrogens with two attached hydrogens (primary N) is 1. The Kier molecular flexibility index (Phi) is 9.16. The zero-order chi connectivity index (χ0) is 16.4. The number of carboxylic acids is 1. The van der Waals surface area contributed by atoms with Crippen molar-refractivity contribution in [3.63, 3.8) is 0 Å². The van der Waals surface area contributed by atoms with Crippen LogP contribution in [0.2, 0.25) is 0 Å². The predicted octanol–water partition coefficient (Wildman–Crippen LogP) is 1.27. The zero-order valence-corrected chi connectivity index (χ0v) is 13.2. The highest BCUT2D eigenvalue weighted by Crippen LogP contribution is 2.08. The summed E-state index contributed by atoms with van der Waals surface area (Å²) in [5.41, 5.74) is 5.19. The van der Waals surface area contributed by atoms with Gasteiger partial charge in [-0.15, -0.1) is 0 Å². The number of amides is 3. The highest BCUT2D eigenvalue weighted by molar-refractivity contribution is 5.83. The molecule has 7 nitrogen and oxygen atoms in total. The lowest BCUT2D eigenvalue weighted by atomic mass is 10.2. The van der Waals surface area contributed by atoms with Crippen molar-refractivity contribution in [3.05, 3.63) is 0 Å². The summed E-state index contributed by atoms with van der Waals surface area (Å²) in [7, 11) is 0. The van der Waals surface area contributed by atoms with Crippen LogP contribution in [0.5, 0.6) is 0 Å². The molecule has 0 aromatic carbocycles. The van der Waals surface area contributed by atoms with Crippen LogP contribution < -0.4 is 5.73 Å². The Labute approximate surface area is 126 Å². The highest BCUT2D eigenvalue weighted by atomic mass is 16.4. The first-order chi connectivity index (χ1) is 9.79. The number of carbonyl (C=O) groups excluding carboxylic acids is 2. The van der Waals surface area contributed by atoms with E-state index >= 15 is 0 Å². The molecule has 0 aliphatic rings. The van der Waals surface area contributed by atoms with Gasteiger partial charge in [0.05, 0.1) is 0 Å². The lowest BCUT2D eigenvalue weighted by Gasteiger charge is -2.32. The number of urea groups is 1. The summed E-state index contributed by atoms with van der Waals surface area (Å²) in [6.07, 6.45) is 2.10. The molecular formula is C14H27N3O4. The van der Waals surface area contributed by atoms with Crippen molar-refractivity contribution in [2.24, 2.45) is 5.73 Å². The molecule has 0 bridgehead atoms. The van der Waals surface area contributed by atoms with E-state index in [1.807, 2.05) is 20.8 Å². The van der Waals surface area contributed by atoms with E-state index in [2.05, 4.69) is 0 Å². The van der Waals surface area contributed by atoms with Gasteiger partial charge < -0.3 is 20.6 Å². The molecule has 0 radical (unpaired) electrons. The van der Waals surface area contributed by atoms with E-state index < -0.39 is 11.9 Å². The third-order valence-electron chi connectivity index (χ3n) is 3.06. The summed E-state index contributed by atoms with van der Waals surface area (Å²) in [5.74, 6) is -1.43. The maximum absolute atomic E-state index is 12.5.